The molecule has 0 amide bonds. The molecule has 92 valence electrons. The zero-order valence-corrected chi connectivity index (χ0v) is 11.2. The van der Waals surface area contributed by atoms with Crippen molar-refractivity contribution in [2.75, 3.05) is 24.7 Å². The standard InChI is InChI=1S/C13H23NOS/c1-4-8-16-9-6-14-12-5-7-15-13(10-12)11(2)3/h1,11-14H,5-10H2,2-3H3. The van der Waals surface area contributed by atoms with Gasteiger partial charge in [0.2, 0.25) is 0 Å². The highest BCUT2D eigenvalue weighted by atomic mass is 32.2. The van der Waals surface area contributed by atoms with Gasteiger partial charge in [0.1, 0.15) is 0 Å². The lowest BCUT2D eigenvalue weighted by molar-refractivity contribution is -0.0240. The first-order valence-electron chi connectivity index (χ1n) is 6.10. The Hall–Kier alpha value is -0.170. The molecule has 0 aliphatic carbocycles. The second-order valence-electron chi connectivity index (χ2n) is 4.59. The molecule has 1 heterocycles. The summed E-state index contributed by atoms with van der Waals surface area (Å²) >= 11 is 1.82. The SMILES string of the molecule is C#CCSCCNC1CCOC(C(C)C)C1. The second kappa shape index (κ2) is 8.00. The molecule has 1 aliphatic rings. The zero-order valence-electron chi connectivity index (χ0n) is 10.4. The van der Waals surface area contributed by atoms with Crippen molar-refractivity contribution in [2.24, 2.45) is 5.92 Å². The van der Waals surface area contributed by atoms with Crippen molar-refractivity contribution in [3.05, 3.63) is 0 Å². The summed E-state index contributed by atoms with van der Waals surface area (Å²) in [7, 11) is 0. The maximum atomic E-state index is 5.74. The molecule has 1 rings (SSSR count). The van der Waals surface area contributed by atoms with E-state index in [1.165, 1.54) is 0 Å². The van der Waals surface area contributed by atoms with Gasteiger partial charge in [-0.05, 0) is 18.8 Å². The molecular formula is C13H23NOS. The molecule has 0 aromatic heterocycles. The number of hydrogen-bond acceptors (Lipinski definition) is 3. The summed E-state index contributed by atoms with van der Waals surface area (Å²) in [6.07, 6.45) is 7.92. The molecular weight excluding hydrogens is 218 g/mol. The van der Waals surface area contributed by atoms with Crippen LogP contribution in [0.25, 0.3) is 0 Å². The molecule has 0 spiro atoms. The van der Waals surface area contributed by atoms with Crippen LogP contribution in [0.2, 0.25) is 0 Å². The highest BCUT2D eigenvalue weighted by Crippen LogP contribution is 2.20. The van der Waals surface area contributed by atoms with Gasteiger partial charge in [0, 0.05) is 24.9 Å². The van der Waals surface area contributed by atoms with Crippen molar-refractivity contribution in [1.29, 1.82) is 0 Å². The fraction of sp³-hybridized carbons (Fsp3) is 0.846. The van der Waals surface area contributed by atoms with Crippen molar-refractivity contribution in [1.82, 2.24) is 5.32 Å². The summed E-state index contributed by atoms with van der Waals surface area (Å²) < 4.78 is 5.74. The van der Waals surface area contributed by atoms with Crippen molar-refractivity contribution in [2.45, 2.75) is 38.8 Å². The number of terminal acetylenes is 1. The zero-order chi connectivity index (χ0) is 11.8. The molecule has 3 heteroatoms. The van der Waals surface area contributed by atoms with Gasteiger partial charge in [0.15, 0.2) is 0 Å². The molecule has 0 saturated carbocycles. The normalized spacial score (nSPS) is 25.6. The van der Waals surface area contributed by atoms with Crippen LogP contribution in [-0.4, -0.2) is 36.8 Å². The van der Waals surface area contributed by atoms with Gasteiger partial charge in [-0.2, -0.15) is 0 Å². The van der Waals surface area contributed by atoms with Gasteiger partial charge in [0.05, 0.1) is 11.9 Å². The maximum Gasteiger partial charge on any atom is 0.0612 e. The number of rotatable bonds is 6. The first kappa shape index (κ1) is 13.9. The number of nitrogens with one attached hydrogen (secondary N) is 1. The van der Waals surface area contributed by atoms with Crippen LogP contribution in [0.15, 0.2) is 0 Å². The quantitative estimate of drug-likeness (QED) is 0.569. The lowest BCUT2D eigenvalue weighted by Gasteiger charge is -2.32. The van der Waals surface area contributed by atoms with E-state index in [-0.39, 0.29) is 0 Å². The van der Waals surface area contributed by atoms with Crippen LogP contribution in [0, 0.1) is 18.3 Å². The van der Waals surface area contributed by atoms with Gasteiger partial charge in [-0.15, -0.1) is 18.2 Å². The summed E-state index contributed by atoms with van der Waals surface area (Å²) in [6.45, 7) is 6.42. The van der Waals surface area contributed by atoms with Gasteiger partial charge >= 0.3 is 0 Å². The second-order valence-corrected chi connectivity index (χ2v) is 5.69. The highest BCUT2D eigenvalue weighted by molar-refractivity contribution is 7.99. The maximum absolute atomic E-state index is 5.74. The summed E-state index contributed by atoms with van der Waals surface area (Å²) in [4.78, 5) is 0. The Morgan fingerprint density at radius 1 is 1.56 bits per heavy atom. The van der Waals surface area contributed by atoms with E-state index < -0.39 is 0 Å². The van der Waals surface area contributed by atoms with Gasteiger partial charge in [-0.1, -0.05) is 19.8 Å². The van der Waals surface area contributed by atoms with Gasteiger partial charge in [-0.25, -0.2) is 0 Å². The largest absolute Gasteiger partial charge is 0.378 e. The van der Waals surface area contributed by atoms with Crippen LogP contribution in [-0.2, 0) is 4.74 Å². The summed E-state index contributed by atoms with van der Waals surface area (Å²) in [5.74, 6) is 5.20. The third-order valence-corrected chi connectivity index (χ3v) is 3.79. The van der Waals surface area contributed by atoms with Crippen molar-refractivity contribution in [3.63, 3.8) is 0 Å². The molecule has 0 aromatic carbocycles. The molecule has 1 aliphatic heterocycles. The van der Waals surface area contributed by atoms with E-state index in [2.05, 4.69) is 25.1 Å². The van der Waals surface area contributed by atoms with Crippen molar-refractivity contribution in [3.8, 4) is 12.3 Å². The number of hydrogen-bond donors (Lipinski definition) is 1. The molecule has 1 N–H and O–H groups in total. The highest BCUT2D eigenvalue weighted by Gasteiger charge is 2.24. The molecule has 0 radical (unpaired) electrons. The van der Waals surface area contributed by atoms with Crippen molar-refractivity contribution < 1.29 is 4.74 Å². The molecule has 0 bridgehead atoms. The lowest BCUT2D eigenvalue weighted by atomic mass is 9.95. The average Bonchev–Trinajstić information content (AvgIpc) is 2.29. The van der Waals surface area contributed by atoms with Crippen LogP contribution in [0.5, 0.6) is 0 Å². The minimum atomic E-state index is 0.435. The van der Waals surface area contributed by atoms with Gasteiger partial charge in [-0.3, -0.25) is 0 Å². The summed E-state index contributed by atoms with van der Waals surface area (Å²) in [5, 5.41) is 3.60. The Morgan fingerprint density at radius 2 is 2.38 bits per heavy atom. The average molecular weight is 241 g/mol. The van der Waals surface area contributed by atoms with Crippen LogP contribution in [0.3, 0.4) is 0 Å². The van der Waals surface area contributed by atoms with E-state index in [4.69, 9.17) is 11.2 Å². The van der Waals surface area contributed by atoms with Crippen LogP contribution in [0.1, 0.15) is 26.7 Å². The number of thioether (sulfide) groups is 1. The first-order chi connectivity index (χ1) is 7.74. The lowest BCUT2D eigenvalue weighted by Crippen LogP contribution is -2.41. The number of ether oxygens (including phenoxy) is 1. The Bertz CT molecular complexity index is 224. The predicted molar refractivity (Wildman–Crippen MR) is 71.8 cm³/mol. The van der Waals surface area contributed by atoms with E-state index in [9.17, 15) is 0 Å². The Morgan fingerprint density at radius 3 is 3.06 bits per heavy atom. The minimum absolute atomic E-state index is 0.435. The van der Waals surface area contributed by atoms with Gasteiger partial charge < -0.3 is 10.1 Å². The fourth-order valence-electron chi connectivity index (χ4n) is 1.94. The minimum Gasteiger partial charge on any atom is -0.378 e. The molecule has 2 unspecified atom stereocenters. The van der Waals surface area contributed by atoms with E-state index in [1.807, 2.05) is 11.8 Å². The van der Waals surface area contributed by atoms with Gasteiger partial charge in [0.25, 0.3) is 0 Å². The Labute approximate surface area is 104 Å². The monoisotopic (exact) mass is 241 g/mol. The van der Waals surface area contributed by atoms with Crippen LogP contribution in [0.4, 0.5) is 0 Å². The van der Waals surface area contributed by atoms with Crippen molar-refractivity contribution >= 4 is 11.8 Å². The van der Waals surface area contributed by atoms with Crippen LogP contribution >= 0.6 is 11.8 Å². The molecule has 2 nitrogen and oxygen atoms in total. The van der Waals surface area contributed by atoms with Crippen LogP contribution < -0.4 is 5.32 Å². The fourth-order valence-corrected chi connectivity index (χ4v) is 2.47. The third kappa shape index (κ3) is 5.25. The van der Waals surface area contributed by atoms with E-state index in [0.29, 0.717) is 18.1 Å². The summed E-state index contributed by atoms with van der Waals surface area (Å²) in [5.41, 5.74) is 0. The molecule has 0 aromatic rings. The molecule has 2 atom stereocenters. The van der Waals surface area contributed by atoms with E-state index in [1.54, 1.807) is 0 Å². The Kier molecular flexibility index (Phi) is 6.95. The predicted octanol–water partition coefficient (Wildman–Crippen LogP) is 2.15. The molecule has 1 fully saturated rings. The van der Waals surface area contributed by atoms with E-state index in [0.717, 1.165) is 37.5 Å². The topological polar surface area (TPSA) is 21.3 Å². The molecule has 16 heavy (non-hydrogen) atoms. The summed E-state index contributed by atoms with van der Waals surface area (Å²) in [6, 6.07) is 0.632. The smallest absolute Gasteiger partial charge is 0.0612 e. The Balaban J connectivity index is 2.10. The molecule has 1 saturated heterocycles. The third-order valence-electron chi connectivity index (χ3n) is 2.92. The first-order valence-corrected chi connectivity index (χ1v) is 7.25. The van der Waals surface area contributed by atoms with E-state index >= 15 is 0 Å².